The number of ether oxygens (including phenoxy) is 1. The third-order valence-corrected chi connectivity index (χ3v) is 2.71. The second-order valence-corrected chi connectivity index (χ2v) is 4.20. The van der Waals surface area contributed by atoms with Gasteiger partial charge < -0.3 is 4.74 Å². The van der Waals surface area contributed by atoms with Gasteiger partial charge in [-0.05, 0) is 25.0 Å². The van der Waals surface area contributed by atoms with Crippen molar-refractivity contribution in [3.8, 4) is 0 Å². The minimum absolute atomic E-state index is 0.188. The monoisotopic (exact) mass is 259 g/mol. The van der Waals surface area contributed by atoms with Crippen LogP contribution in [0.1, 0.15) is 18.1 Å². The first-order valence-corrected chi connectivity index (χ1v) is 5.49. The Bertz CT molecular complexity index is 459. The van der Waals surface area contributed by atoms with Gasteiger partial charge >= 0.3 is 12.1 Å². The molecule has 1 aromatic carbocycles. The predicted octanol–water partition coefficient (Wildman–Crippen LogP) is 2.11. The summed E-state index contributed by atoms with van der Waals surface area (Å²) in [5.41, 5.74) is -0.257. The summed E-state index contributed by atoms with van der Waals surface area (Å²) in [4.78, 5) is 11.4. The van der Waals surface area contributed by atoms with E-state index < -0.39 is 30.0 Å². The van der Waals surface area contributed by atoms with Gasteiger partial charge in [-0.1, -0.05) is 18.2 Å². The molecule has 3 nitrogen and oxygen atoms in total. The summed E-state index contributed by atoms with van der Waals surface area (Å²) < 4.78 is 42.4. The number of rotatable bonds is 2. The number of carbonyl (C=O) groups is 1. The van der Waals surface area contributed by atoms with Gasteiger partial charge in [0.15, 0.2) is 6.23 Å². The molecular weight excluding hydrogens is 247 g/mol. The minimum atomic E-state index is -4.37. The van der Waals surface area contributed by atoms with Gasteiger partial charge in [0.25, 0.3) is 0 Å². The summed E-state index contributed by atoms with van der Waals surface area (Å²) in [6.45, 7) is 1.67. The molecule has 0 bridgehead atoms. The van der Waals surface area contributed by atoms with Crippen molar-refractivity contribution in [3.05, 3.63) is 35.4 Å². The van der Waals surface area contributed by atoms with Crippen LogP contribution in [0, 0.1) is 0 Å². The molecule has 0 aromatic heterocycles. The van der Waals surface area contributed by atoms with Gasteiger partial charge in [0.1, 0.15) is 6.04 Å². The van der Waals surface area contributed by atoms with Crippen LogP contribution in [0.25, 0.3) is 0 Å². The van der Waals surface area contributed by atoms with Crippen LogP contribution in [0.4, 0.5) is 13.2 Å². The normalized spacial score (nSPS) is 24.1. The number of hydrogen-bond acceptors (Lipinski definition) is 3. The standard InChI is InChI=1S/C12H12F3NO2/c1-7-16-10(11(17)18-7)6-8-3-2-4-9(5-8)12(13,14)15/h2-5,7,10,16H,6H2,1H3. The van der Waals surface area contributed by atoms with Gasteiger partial charge in [0, 0.05) is 0 Å². The molecule has 0 saturated carbocycles. The molecule has 6 heteroatoms. The summed E-state index contributed by atoms with van der Waals surface area (Å²) in [5.74, 6) is -0.431. The molecule has 2 rings (SSSR count). The van der Waals surface area contributed by atoms with E-state index in [1.165, 1.54) is 6.07 Å². The van der Waals surface area contributed by atoms with E-state index in [4.69, 9.17) is 4.74 Å². The second-order valence-electron chi connectivity index (χ2n) is 4.20. The maximum absolute atomic E-state index is 12.5. The van der Waals surface area contributed by atoms with Gasteiger partial charge in [0.2, 0.25) is 0 Å². The zero-order valence-electron chi connectivity index (χ0n) is 9.62. The highest BCUT2D eigenvalue weighted by Crippen LogP contribution is 2.29. The van der Waals surface area contributed by atoms with E-state index in [1.807, 2.05) is 0 Å². The Hall–Kier alpha value is -1.56. The number of halogens is 3. The average Bonchev–Trinajstić information content (AvgIpc) is 2.56. The third kappa shape index (κ3) is 2.81. The van der Waals surface area contributed by atoms with Crippen LogP contribution in [-0.2, 0) is 22.1 Å². The van der Waals surface area contributed by atoms with E-state index >= 15 is 0 Å². The van der Waals surface area contributed by atoms with Gasteiger partial charge in [-0.25, -0.2) is 0 Å². The lowest BCUT2D eigenvalue weighted by Crippen LogP contribution is -2.32. The number of carbonyl (C=O) groups excluding carboxylic acids is 1. The first-order valence-electron chi connectivity index (χ1n) is 5.49. The molecule has 18 heavy (non-hydrogen) atoms. The first-order chi connectivity index (χ1) is 8.36. The minimum Gasteiger partial charge on any atom is -0.446 e. The number of benzene rings is 1. The molecule has 0 spiro atoms. The van der Waals surface area contributed by atoms with Gasteiger partial charge in [0.05, 0.1) is 5.56 Å². The van der Waals surface area contributed by atoms with Crippen LogP contribution >= 0.6 is 0 Å². The fourth-order valence-corrected chi connectivity index (χ4v) is 1.89. The largest absolute Gasteiger partial charge is 0.446 e. The van der Waals surface area contributed by atoms with Crippen molar-refractivity contribution in [2.45, 2.75) is 31.8 Å². The molecule has 1 fully saturated rings. The number of cyclic esters (lactones) is 1. The lowest BCUT2D eigenvalue weighted by molar-refractivity contribution is -0.141. The predicted molar refractivity (Wildman–Crippen MR) is 57.6 cm³/mol. The third-order valence-electron chi connectivity index (χ3n) is 2.71. The van der Waals surface area contributed by atoms with Crippen molar-refractivity contribution in [2.24, 2.45) is 0 Å². The highest BCUT2D eigenvalue weighted by atomic mass is 19.4. The van der Waals surface area contributed by atoms with Crippen molar-refractivity contribution in [1.82, 2.24) is 5.32 Å². The molecule has 1 heterocycles. The molecule has 0 radical (unpaired) electrons. The summed E-state index contributed by atoms with van der Waals surface area (Å²) in [6, 6.07) is 4.38. The summed E-state index contributed by atoms with van der Waals surface area (Å²) >= 11 is 0. The fraction of sp³-hybridized carbons (Fsp3) is 0.417. The fourth-order valence-electron chi connectivity index (χ4n) is 1.89. The molecule has 98 valence electrons. The zero-order valence-corrected chi connectivity index (χ0v) is 9.62. The summed E-state index contributed by atoms with van der Waals surface area (Å²) in [7, 11) is 0. The zero-order chi connectivity index (χ0) is 13.3. The Morgan fingerprint density at radius 2 is 2.11 bits per heavy atom. The Labute approximate surface area is 102 Å². The quantitative estimate of drug-likeness (QED) is 0.827. The SMILES string of the molecule is CC1NC(Cc2cccc(C(F)(F)F)c2)C(=O)O1. The number of esters is 1. The molecule has 1 aliphatic heterocycles. The number of hydrogen-bond donors (Lipinski definition) is 1. The maximum Gasteiger partial charge on any atom is 0.416 e. The van der Waals surface area contributed by atoms with Crippen molar-refractivity contribution >= 4 is 5.97 Å². The molecular formula is C12H12F3NO2. The first kappa shape index (κ1) is 12.9. The van der Waals surface area contributed by atoms with E-state index in [9.17, 15) is 18.0 Å². The van der Waals surface area contributed by atoms with Crippen LogP contribution in [0.5, 0.6) is 0 Å². The van der Waals surface area contributed by atoms with Crippen molar-refractivity contribution in [3.63, 3.8) is 0 Å². The Balaban J connectivity index is 2.13. The topological polar surface area (TPSA) is 38.3 Å². The average molecular weight is 259 g/mol. The Morgan fingerprint density at radius 1 is 1.39 bits per heavy atom. The number of nitrogens with one attached hydrogen (secondary N) is 1. The molecule has 2 atom stereocenters. The van der Waals surface area contributed by atoms with Gasteiger partial charge in [-0.3, -0.25) is 10.1 Å². The molecule has 1 aromatic rings. The molecule has 1 N–H and O–H groups in total. The van der Waals surface area contributed by atoms with Crippen LogP contribution in [0.3, 0.4) is 0 Å². The summed E-state index contributed by atoms with van der Waals surface area (Å²) in [6.07, 6.45) is -4.58. The molecule has 0 aliphatic carbocycles. The van der Waals surface area contributed by atoms with E-state index in [0.717, 1.165) is 12.1 Å². The van der Waals surface area contributed by atoms with Crippen LogP contribution < -0.4 is 5.32 Å². The Morgan fingerprint density at radius 3 is 2.67 bits per heavy atom. The van der Waals surface area contributed by atoms with Crippen LogP contribution in [-0.4, -0.2) is 18.2 Å². The smallest absolute Gasteiger partial charge is 0.416 e. The highest BCUT2D eigenvalue weighted by molar-refractivity contribution is 5.78. The van der Waals surface area contributed by atoms with Gasteiger partial charge in [-0.15, -0.1) is 0 Å². The lowest BCUT2D eigenvalue weighted by Gasteiger charge is -2.10. The Kier molecular flexibility index (Phi) is 3.30. The van der Waals surface area contributed by atoms with Crippen molar-refractivity contribution in [2.75, 3.05) is 0 Å². The second kappa shape index (κ2) is 4.61. The van der Waals surface area contributed by atoms with Gasteiger partial charge in [-0.2, -0.15) is 13.2 Å². The van der Waals surface area contributed by atoms with E-state index in [2.05, 4.69) is 5.32 Å². The van der Waals surface area contributed by atoms with E-state index in [1.54, 1.807) is 13.0 Å². The van der Waals surface area contributed by atoms with E-state index in [0.29, 0.717) is 5.56 Å². The van der Waals surface area contributed by atoms with Crippen LogP contribution in [0.15, 0.2) is 24.3 Å². The molecule has 2 unspecified atom stereocenters. The van der Waals surface area contributed by atoms with Crippen molar-refractivity contribution < 1.29 is 22.7 Å². The molecule has 1 saturated heterocycles. The van der Waals surface area contributed by atoms with E-state index in [-0.39, 0.29) is 6.42 Å². The maximum atomic E-state index is 12.5. The summed E-state index contributed by atoms with van der Waals surface area (Å²) in [5, 5.41) is 2.86. The highest BCUT2D eigenvalue weighted by Gasteiger charge is 2.33. The van der Waals surface area contributed by atoms with Crippen LogP contribution in [0.2, 0.25) is 0 Å². The number of alkyl halides is 3. The lowest BCUT2D eigenvalue weighted by atomic mass is 10.0. The molecule has 1 aliphatic rings. The molecule has 0 amide bonds. The van der Waals surface area contributed by atoms with Crippen molar-refractivity contribution in [1.29, 1.82) is 0 Å².